The normalized spacial score (nSPS) is 9.83. The van der Waals surface area contributed by atoms with Gasteiger partial charge in [0.2, 0.25) is 0 Å². The van der Waals surface area contributed by atoms with Crippen LogP contribution in [-0.2, 0) is 0 Å². The molecule has 0 bridgehead atoms. The molecule has 0 atom stereocenters. The number of hydrogen-bond acceptors (Lipinski definition) is 3. The van der Waals surface area contributed by atoms with E-state index in [1.54, 1.807) is 19.3 Å². The van der Waals surface area contributed by atoms with Gasteiger partial charge in [-0.05, 0) is 24.3 Å². The van der Waals surface area contributed by atoms with E-state index in [9.17, 15) is 0 Å². The minimum atomic E-state index is 0.472. The van der Waals surface area contributed by atoms with Crippen molar-refractivity contribution in [2.75, 3.05) is 13.7 Å². The minimum absolute atomic E-state index is 0.472. The monoisotopic (exact) mass is 240 g/mol. The lowest BCUT2D eigenvalue weighted by Gasteiger charge is -2.10. The number of benzene rings is 1. The molecule has 3 nitrogen and oxygen atoms in total. The average Bonchev–Trinajstić information content (AvgIpc) is 2.45. The number of hydrogen-bond donors (Lipinski definition) is 0. The third kappa shape index (κ3) is 2.69. The van der Waals surface area contributed by atoms with Gasteiger partial charge in [-0.1, -0.05) is 18.7 Å². The third-order valence-corrected chi connectivity index (χ3v) is 2.43. The van der Waals surface area contributed by atoms with E-state index >= 15 is 0 Å². The first-order valence-electron chi connectivity index (χ1n) is 5.60. The molecule has 1 heterocycles. The molecule has 0 saturated heterocycles. The number of methoxy groups -OCH3 is 1. The van der Waals surface area contributed by atoms with Crippen molar-refractivity contribution in [2.24, 2.45) is 0 Å². The van der Waals surface area contributed by atoms with Gasteiger partial charge >= 0.3 is 0 Å². The van der Waals surface area contributed by atoms with Crippen LogP contribution in [0.5, 0.6) is 11.5 Å². The van der Waals surface area contributed by atoms with Crippen LogP contribution in [0.4, 0.5) is 0 Å². The summed E-state index contributed by atoms with van der Waals surface area (Å²) in [5, 5.41) is 0. The topological polar surface area (TPSA) is 31.4 Å². The molecule has 0 aliphatic carbocycles. The van der Waals surface area contributed by atoms with Crippen molar-refractivity contribution in [3.8, 4) is 22.8 Å². The Morgan fingerprint density at radius 1 is 1.39 bits per heavy atom. The molecule has 1 aromatic heterocycles. The highest BCUT2D eigenvalue weighted by Gasteiger charge is 2.08. The van der Waals surface area contributed by atoms with Gasteiger partial charge in [-0.2, -0.15) is 0 Å². The van der Waals surface area contributed by atoms with Crippen molar-refractivity contribution in [2.45, 2.75) is 0 Å². The van der Waals surface area contributed by atoms with E-state index in [0.29, 0.717) is 6.61 Å². The Morgan fingerprint density at radius 3 is 2.94 bits per heavy atom. The molecule has 0 amide bonds. The fourth-order valence-corrected chi connectivity index (χ4v) is 1.60. The first-order valence-corrected chi connectivity index (χ1v) is 5.60. The lowest BCUT2D eigenvalue weighted by Crippen LogP contribution is -1.95. The summed E-state index contributed by atoms with van der Waals surface area (Å²) >= 11 is 0. The Morgan fingerprint density at radius 2 is 2.28 bits per heavy atom. The average molecular weight is 240 g/mol. The van der Waals surface area contributed by atoms with Gasteiger partial charge < -0.3 is 9.47 Å². The summed E-state index contributed by atoms with van der Waals surface area (Å²) in [5.74, 6) is 1.47. The number of ether oxygens (including phenoxy) is 2. The molecule has 18 heavy (non-hydrogen) atoms. The van der Waals surface area contributed by atoms with Crippen LogP contribution in [0.3, 0.4) is 0 Å². The maximum absolute atomic E-state index is 5.46. The van der Waals surface area contributed by atoms with Gasteiger partial charge in [0.25, 0.3) is 0 Å². The molecule has 0 N–H and O–H groups in total. The standard InChI is InChI=1S/C15H14NO2/c1-3-10-18-12-7-8-13(15(11-12)17-2)14-6-4-5-9-16-14/h3-8,11H,1,10H2,2H3. The summed E-state index contributed by atoms with van der Waals surface area (Å²) in [7, 11) is 1.63. The Hall–Kier alpha value is -2.29. The molecule has 0 unspecified atom stereocenters. The number of pyridine rings is 1. The van der Waals surface area contributed by atoms with Crippen LogP contribution >= 0.6 is 0 Å². The van der Waals surface area contributed by atoms with Crippen LogP contribution in [0.25, 0.3) is 11.3 Å². The van der Waals surface area contributed by atoms with Gasteiger partial charge in [0.15, 0.2) is 0 Å². The predicted octanol–water partition coefficient (Wildman–Crippen LogP) is 3.12. The van der Waals surface area contributed by atoms with E-state index in [1.165, 1.54) is 0 Å². The van der Waals surface area contributed by atoms with Crippen molar-refractivity contribution in [3.05, 3.63) is 55.3 Å². The molecule has 1 aromatic carbocycles. The first-order chi connectivity index (χ1) is 8.85. The van der Waals surface area contributed by atoms with Crippen molar-refractivity contribution in [1.29, 1.82) is 0 Å². The molecule has 2 aromatic rings. The van der Waals surface area contributed by atoms with Crippen LogP contribution in [0.1, 0.15) is 0 Å². The largest absolute Gasteiger partial charge is 0.496 e. The van der Waals surface area contributed by atoms with E-state index in [2.05, 4.69) is 17.8 Å². The summed E-state index contributed by atoms with van der Waals surface area (Å²) in [5.41, 5.74) is 1.74. The second-order valence-corrected chi connectivity index (χ2v) is 3.61. The smallest absolute Gasteiger partial charge is 0.131 e. The zero-order chi connectivity index (χ0) is 12.8. The maximum Gasteiger partial charge on any atom is 0.131 e. The minimum Gasteiger partial charge on any atom is -0.496 e. The molecule has 3 heteroatoms. The summed E-state index contributed by atoms with van der Waals surface area (Å²) in [6, 6.07) is 11.2. The summed E-state index contributed by atoms with van der Waals surface area (Å²) in [4.78, 5) is 4.19. The van der Waals surface area contributed by atoms with E-state index < -0.39 is 0 Å². The van der Waals surface area contributed by atoms with E-state index in [0.717, 1.165) is 22.8 Å². The van der Waals surface area contributed by atoms with Gasteiger partial charge in [-0.3, -0.25) is 0 Å². The zero-order valence-electron chi connectivity index (χ0n) is 10.2. The van der Waals surface area contributed by atoms with Crippen LogP contribution in [0, 0.1) is 6.20 Å². The first kappa shape index (κ1) is 12.2. The van der Waals surface area contributed by atoms with E-state index in [-0.39, 0.29) is 0 Å². The highest BCUT2D eigenvalue weighted by molar-refractivity contribution is 5.68. The Bertz CT molecular complexity index is 523. The van der Waals surface area contributed by atoms with E-state index in [4.69, 9.17) is 9.47 Å². The van der Waals surface area contributed by atoms with Gasteiger partial charge in [-0.25, -0.2) is 4.98 Å². The Balaban J connectivity index is 2.34. The van der Waals surface area contributed by atoms with Crippen LogP contribution < -0.4 is 9.47 Å². The highest BCUT2D eigenvalue weighted by Crippen LogP contribution is 2.31. The van der Waals surface area contributed by atoms with Gasteiger partial charge in [0.1, 0.15) is 18.1 Å². The summed E-state index contributed by atoms with van der Waals surface area (Å²) in [6.07, 6.45) is 4.51. The molecule has 0 aliphatic heterocycles. The summed E-state index contributed by atoms with van der Waals surface area (Å²) < 4.78 is 10.8. The van der Waals surface area contributed by atoms with E-state index in [1.807, 2.05) is 30.3 Å². The quantitative estimate of drug-likeness (QED) is 0.752. The number of nitrogens with zero attached hydrogens (tertiary/aromatic N) is 1. The Labute approximate surface area is 107 Å². The van der Waals surface area contributed by atoms with Crippen molar-refractivity contribution in [1.82, 2.24) is 4.98 Å². The predicted molar refractivity (Wildman–Crippen MR) is 70.8 cm³/mol. The van der Waals surface area contributed by atoms with Crippen LogP contribution in [-0.4, -0.2) is 18.7 Å². The lowest BCUT2D eigenvalue weighted by atomic mass is 10.1. The summed E-state index contributed by atoms with van der Waals surface area (Å²) in [6.45, 7) is 4.09. The lowest BCUT2D eigenvalue weighted by molar-refractivity contribution is 0.357. The van der Waals surface area contributed by atoms with Gasteiger partial charge in [-0.15, -0.1) is 0 Å². The number of rotatable bonds is 5. The van der Waals surface area contributed by atoms with Gasteiger partial charge in [0, 0.05) is 11.6 Å². The second kappa shape index (κ2) is 5.87. The fraction of sp³-hybridized carbons (Fsp3) is 0.133. The molecule has 0 spiro atoms. The zero-order valence-corrected chi connectivity index (χ0v) is 10.2. The Kier molecular flexibility index (Phi) is 3.97. The molecule has 2 rings (SSSR count). The molecule has 0 fully saturated rings. The third-order valence-electron chi connectivity index (χ3n) is 2.43. The van der Waals surface area contributed by atoms with Gasteiger partial charge in [0.05, 0.1) is 19.0 Å². The molecule has 1 radical (unpaired) electrons. The molecule has 0 saturated carbocycles. The molecular weight excluding hydrogens is 226 g/mol. The van der Waals surface area contributed by atoms with Crippen molar-refractivity contribution < 1.29 is 9.47 Å². The fourth-order valence-electron chi connectivity index (χ4n) is 1.60. The molecule has 0 aliphatic rings. The molecule has 91 valence electrons. The van der Waals surface area contributed by atoms with Crippen LogP contribution in [0.2, 0.25) is 0 Å². The maximum atomic E-state index is 5.46. The van der Waals surface area contributed by atoms with Crippen molar-refractivity contribution in [3.63, 3.8) is 0 Å². The van der Waals surface area contributed by atoms with Crippen molar-refractivity contribution >= 4 is 0 Å². The highest BCUT2D eigenvalue weighted by atomic mass is 16.5. The molecular formula is C15H14NO2. The van der Waals surface area contributed by atoms with Crippen LogP contribution in [0.15, 0.2) is 49.1 Å². The second-order valence-electron chi connectivity index (χ2n) is 3.61. The number of aromatic nitrogens is 1. The SMILES string of the molecule is C=CCOc1ccc(-c2ccc[c]n2)c(OC)c1.